The van der Waals surface area contributed by atoms with E-state index in [0.29, 0.717) is 23.9 Å². The minimum absolute atomic E-state index is 0.313. The summed E-state index contributed by atoms with van der Waals surface area (Å²) < 4.78 is 4.84. The van der Waals surface area contributed by atoms with E-state index in [1.807, 2.05) is 0 Å². The Hall–Kier alpha value is -1.35. The number of carbonyl (C=O) groups excluding carboxylic acids is 1. The normalized spacial score (nSPS) is 10.5. The molecule has 4 heteroatoms. The first-order valence-electron chi connectivity index (χ1n) is 4.64. The number of rotatable bonds is 4. The Morgan fingerprint density at radius 3 is 3.07 bits per heavy atom. The summed E-state index contributed by atoms with van der Waals surface area (Å²) in [7, 11) is 0. The van der Waals surface area contributed by atoms with E-state index in [2.05, 4.69) is 4.98 Å². The van der Waals surface area contributed by atoms with Gasteiger partial charge in [-0.15, -0.1) is 11.6 Å². The highest BCUT2D eigenvalue weighted by atomic mass is 35.5. The molecule has 15 heavy (non-hydrogen) atoms. The summed E-state index contributed by atoms with van der Waals surface area (Å²) >= 11 is 5.50. The number of carbonyl (C=O) groups is 1. The molecule has 0 atom stereocenters. The average Bonchev–Trinajstić information content (AvgIpc) is 2.27. The lowest BCUT2D eigenvalue weighted by atomic mass is 10.3. The van der Waals surface area contributed by atoms with Crippen LogP contribution in [0.15, 0.2) is 24.3 Å². The number of esters is 1. The fourth-order valence-corrected chi connectivity index (χ4v) is 1.12. The molecule has 0 aliphatic heterocycles. The molecule has 1 heterocycles. The summed E-state index contributed by atoms with van der Waals surface area (Å²) in [5.74, 6) is 0.0179. The Balaban J connectivity index is 2.82. The summed E-state index contributed by atoms with van der Waals surface area (Å²) in [6.45, 7) is 2.11. The smallest absolute Gasteiger partial charge is 0.356 e. The van der Waals surface area contributed by atoms with E-state index in [-0.39, 0.29) is 0 Å². The van der Waals surface area contributed by atoms with Crippen molar-refractivity contribution in [3.63, 3.8) is 0 Å². The van der Waals surface area contributed by atoms with Gasteiger partial charge in [0.25, 0.3) is 0 Å². The van der Waals surface area contributed by atoms with Crippen LogP contribution < -0.4 is 0 Å². The van der Waals surface area contributed by atoms with Gasteiger partial charge in [0.2, 0.25) is 0 Å². The molecule has 80 valence electrons. The fraction of sp³-hybridized carbons (Fsp3) is 0.273. The molecule has 1 aromatic rings. The highest BCUT2D eigenvalue weighted by Crippen LogP contribution is 2.03. The predicted octanol–water partition coefficient (Wildman–Crippen LogP) is 2.51. The third-order valence-electron chi connectivity index (χ3n) is 1.63. The van der Waals surface area contributed by atoms with Gasteiger partial charge >= 0.3 is 5.97 Å². The van der Waals surface area contributed by atoms with Gasteiger partial charge in [0, 0.05) is 5.88 Å². The van der Waals surface area contributed by atoms with Crippen LogP contribution in [0.2, 0.25) is 0 Å². The molecule has 1 aromatic heterocycles. The molecule has 0 saturated heterocycles. The SMILES string of the molecule is CCOC(=O)c1cccc(C=CCCl)n1. The number of alkyl halides is 1. The van der Waals surface area contributed by atoms with Crippen molar-refractivity contribution in [2.45, 2.75) is 6.92 Å². The van der Waals surface area contributed by atoms with Gasteiger partial charge in [0.05, 0.1) is 12.3 Å². The molecule has 0 aromatic carbocycles. The van der Waals surface area contributed by atoms with Crippen LogP contribution in [-0.4, -0.2) is 23.4 Å². The highest BCUT2D eigenvalue weighted by Gasteiger charge is 2.07. The maximum Gasteiger partial charge on any atom is 0.356 e. The molecule has 1 rings (SSSR count). The highest BCUT2D eigenvalue weighted by molar-refractivity contribution is 6.19. The zero-order chi connectivity index (χ0) is 11.1. The zero-order valence-electron chi connectivity index (χ0n) is 8.44. The van der Waals surface area contributed by atoms with E-state index >= 15 is 0 Å². The lowest BCUT2D eigenvalue weighted by Gasteiger charge is -2.01. The van der Waals surface area contributed by atoms with Gasteiger partial charge in [-0.2, -0.15) is 0 Å². The number of pyridine rings is 1. The molecule has 0 aliphatic rings. The maximum atomic E-state index is 11.3. The number of aromatic nitrogens is 1. The van der Waals surface area contributed by atoms with Crippen LogP contribution in [0.4, 0.5) is 0 Å². The van der Waals surface area contributed by atoms with Crippen LogP contribution >= 0.6 is 11.6 Å². The van der Waals surface area contributed by atoms with Gasteiger partial charge in [-0.05, 0) is 25.1 Å². The first-order valence-corrected chi connectivity index (χ1v) is 5.18. The van der Waals surface area contributed by atoms with Crippen molar-refractivity contribution in [1.82, 2.24) is 4.98 Å². The second kappa shape index (κ2) is 6.19. The molecular formula is C11H12ClNO2. The Morgan fingerprint density at radius 1 is 1.60 bits per heavy atom. The van der Waals surface area contributed by atoms with E-state index in [0.717, 1.165) is 0 Å². The van der Waals surface area contributed by atoms with E-state index in [1.165, 1.54) is 0 Å². The van der Waals surface area contributed by atoms with Crippen LogP contribution in [0.1, 0.15) is 23.1 Å². The van der Waals surface area contributed by atoms with Gasteiger partial charge in [0.1, 0.15) is 5.69 Å². The molecule has 0 saturated carbocycles. The van der Waals surface area contributed by atoms with Crippen molar-refractivity contribution in [1.29, 1.82) is 0 Å². The molecule has 0 fully saturated rings. The number of hydrogen-bond acceptors (Lipinski definition) is 3. The van der Waals surface area contributed by atoms with Gasteiger partial charge in [-0.3, -0.25) is 0 Å². The minimum atomic E-state index is -0.404. The van der Waals surface area contributed by atoms with Crippen LogP contribution in [0.25, 0.3) is 6.08 Å². The van der Waals surface area contributed by atoms with Gasteiger partial charge in [0.15, 0.2) is 0 Å². The van der Waals surface area contributed by atoms with E-state index < -0.39 is 5.97 Å². The average molecular weight is 226 g/mol. The molecule has 0 spiro atoms. The van der Waals surface area contributed by atoms with Gasteiger partial charge < -0.3 is 4.74 Å². The van der Waals surface area contributed by atoms with Crippen molar-refractivity contribution in [2.24, 2.45) is 0 Å². The summed E-state index contributed by atoms with van der Waals surface area (Å²) in [5.41, 5.74) is 1.01. The van der Waals surface area contributed by atoms with Crippen molar-refractivity contribution in [3.8, 4) is 0 Å². The number of nitrogens with zero attached hydrogens (tertiary/aromatic N) is 1. The maximum absolute atomic E-state index is 11.3. The fourth-order valence-electron chi connectivity index (χ4n) is 1.03. The first kappa shape index (κ1) is 11.7. The number of hydrogen-bond donors (Lipinski definition) is 0. The molecule has 0 radical (unpaired) electrons. The lowest BCUT2D eigenvalue weighted by Crippen LogP contribution is -2.07. The minimum Gasteiger partial charge on any atom is -0.461 e. The predicted molar refractivity (Wildman–Crippen MR) is 59.9 cm³/mol. The Morgan fingerprint density at radius 2 is 2.40 bits per heavy atom. The molecule has 0 bridgehead atoms. The second-order valence-electron chi connectivity index (χ2n) is 2.72. The van der Waals surface area contributed by atoms with Crippen LogP contribution in [-0.2, 0) is 4.74 Å². The number of halogens is 1. The van der Waals surface area contributed by atoms with E-state index in [1.54, 1.807) is 37.3 Å². The van der Waals surface area contributed by atoms with Crippen LogP contribution in [0, 0.1) is 0 Å². The second-order valence-corrected chi connectivity index (χ2v) is 3.03. The summed E-state index contributed by atoms with van der Waals surface area (Å²) in [6.07, 6.45) is 3.52. The lowest BCUT2D eigenvalue weighted by molar-refractivity contribution is 0.0519. The molecule has 0 N–H and O–H groups in total. The topological polar surface area (TPSA) is 39.2 Å². The molecular weight excluding hydrogens is 214 g/mol. The van der Waals surface area contributed by atoms with Crippen molar-refractivity contribution in [3.05, 3.63) is 35.7 Å². The zero-order valence-corrected chi connectivity index (χ0v) is 9.20. The quantitative estimate of drug-likeness (QED) is 0.584. The Bertz CT molecular complexity index is 363. The largest absolute Gasteiger partial charge is 0.461 e. The number of allylic oxidation sites excluding steroid dienone is 1. The van der Waals surface area contributed by atoms with Gasteiger partial charge in [-0.1, -0.05) is 12.1 Å². The molecule has 0 amide bonds. The summed E-state index contributed by atoms with van der Waals surface area (Å²) in [4.78, 5) is 15.4. The van der Waals surface area contributed by atoms with Crippen molar-refractivity contribution < 1.29 is 9.53 Å². The van der Waals surface area contributed by atoms with Crippen LogP contribution in [0.3, 0.4) is 0 Å². The molecule has 0 aliphatic carbocycles. The van der Waals surface area contributed by atoms with Crippen molar-refractivity contribution in [2.75, 3.05) is 12.5 Å². The van der Waals surface area contributed by atoms with Gasteiger partial charge in [-0.25, -0.2) is 9.78 Å². The van der Waals surface area contributed by atoms with E-state index in [4.69, 9.17) is 16.3 Å². The third kappa shape index (κ3) is 3.72. The van der Waals surface area contributed by atoms with Crippen molar-refractivity contribution >= 4 is 23.6 Å². The number of ether oxygens (including phenoxy) is 1. The molecule has 0 unspecified atom stereocenters. The molecule has 3 nitrogen and oxygen atoms in total. The standard InChI is InChI=1S/C11H12ClNO2/c1-2-15-11(14)10-7-3-5-9(13-10)6-4-8-12/h3-7H,2,8H2,1H3. The summed E-state index contributed by atoms with van der Waals surface area (Å²) in [6, 6.07) is 5.18. The monoisotopic (exact) mass is 225 g/mol. The Kier molecular flexibility index (Phi) is 4.84. The summed E-state index contributed by atoms with van der Waals surface area (Å²) in [5, 5.41) is 0. The third-order valence-corrected chi connectivity index (χ3v) is 1.81. The van der Waals surface area contributed by atoms with Crippen LogP contribution in [0.5, 0.6) is 0 Å². The first-order chi connectivity index (χ1) is 7.27. The van der Waals surface area contributed by atoms with E-state index in [9.17, 15) is 4.79 Å². The Labute approximate surface area is 93.7 Å².